The predicted octanol–water partition coefficient (Wildman–Crippen LogP) is 2.88. The molecule has 1 N–H and O–H groups in total. The van der Waals surface area contributed by atoms with Gasteiger partial charge in [0, 0.05) is 0 Å². The smallest absolute Gasteiger partial charge is 0.178 e. The number of benzene rings is 2. The first-order chi connectivity index (χ1) is 12.5. The maximum Gasteiger partial charge on any atom is 0.178 e. The molecule has 7 nitrogen and oxygen atoms in total. The van der Waals surface area contributed by atoms with Gasteiger partial charge in [-0.05, 0) is 24.3 Å². The van der Waals surface area contributed by atoms with Crippen molar-refractivity contribution in [2.45, 2.75) is 6.42 Å². The molecule has 7 heteroatoms. The number of Topliss-reactive ketones (excluding diaryl/α,β-unsaturated/α-hetero) is 2. The normalized spacial score (nSPS) is 10.2. The van der Waals surface area contributed by atoms with Gasteiger partial charge in [0.2, 0.25) is 0 Å². The summed E-state index contributed by atoms with van der Waals surface area (Å²) >= 11 is 0. The van der Waals surface area contributed by atoms with Crippen molar-refractivity contribution >= 4 is 11.6 Å². The van der Waals surface area contributed by atoms with Crippen molar-refractivity contribution < 1.29 is 33.6 Å². The van der Waals surface area contributed by atoms with Gasteiger partial charge in [0.1, 0.15) is 28.4 Å². The first-order valence-electron chi connectivity index (χ1n) is 7.69. The average molecular weight is 360 g/mol. The van der Waals surface area contributed by atoms with Gasteiger partial charge >= 0.3 is 0 Å². The molecule has 0 aliphatic carbocycles. The Bertz CT molecular complexity index is 805. The average Bonchev–Trinajstić information content (AvgIpc) is 2.66. The van der Waals surface area contributed by atoms with Crippen molar-refractivity contribution in [2.24, 2.45) is 0 Å². The van der Waals surface area contributed by atoms with Crippen LogP contribution in [0.1, 0.15) is 27.1 Å². The molecule has 0 radical (unpaired) electrons. The highest BCUT2D eigenvalue weighted by Gasteiger charge is 2.26. The molecule has 0 unspecified atom stereocenters. The minimum absolute atomic E-state index is 0.0669. The zero-order valence-corrected chi connectivity index (χ0v) is 15.0. The Morgan fingerprint density at radius 2 is 1.31 bits per heavy atom. The van der Waals surface area contributed by atoms with Gasteiger partial charge in [-0.3, -0.25) is 9.59 Å². The fraction of sp³-hybridized carbons (Fsp3) is 0.263. The summed E-state index contributed by atoms with van der Waals surface area (Å²) in [4.78, 5) is 25.4. The molecule has 0 heterocycles. The highest BCUT2D eigenvalue weighted by atomic mass is 16.5. The van der Waals surface area contributed by atoms with Gasteiger partial charge in [-0.25, -0.2) is 0 Å². The quantitative estimate of drug-likeness (QED) is 0.572. The van der Waals surface area contributed by atoms with E-state index in [1.807, 2.05) is 0 Å². The Kier molecular flexibility index (Phi) is 6.06. The summed E-state index contributed by atoms with van der Waals surface area (Å²) in [7, 11) is 5.60. The number of rotatable bonds is 8. The van der Waals surface area contributed by atoms with E-state index < -0.39 is 18.0 Å². The molecular formula is C19H20O7. The molecule has 0 saturated heterocycles. The Balaban J connectivity index is 2.42. The summed E-state index contributed by atoms with van der Waals surface area (Å²) in [5.74, 6) is -0.488. The van der Waals surface area contributed by atoms with Gasteiger partial charge in [-0.15, -0.1) is 0 Å². The van der Waals surface area contributed by atoms with E-state index in [0.717, 1.165) is 0 Å². The number of ketones is 2. The molecule has 0 aliphatic heterocycles. The predicted molar refractivity (Wildman–Crippen MR) is 94.0 cm³/mol. The van der Waals surface area contributed by atoms with Gasteiger partial charge in [0.05, 0.1) is 34.9 Å². The first-order valence-corrected chi connectivity index (χ1v) is 7.69. The number of hydrogen-bond donors (Lipinski definition) is 1. The summed E-state index contributed by atoms with van der Waals surface area (Å²) in [5.41, 5.74) is 0.0428. The highest BCUT2D eigenvalue weighted by molar-refractivity contribution is 6.17. The van der Waals surface area contributed by atoms with E-state index >= 15 is 0 Å². The standard InChI is InChI=1S/C19H20O7/c1-23-14-6-5-7-15(24-2)18(14)13(22)10-12(21)17-11(20)8-9-16(25-3)19(17)26-4/h5-9,20H,10H2,1-4H3. The Labute approximate surface area is 151 Å². The number of hydrogen-bond acceptors (Lipinski definition) is 7. The zero-order valence-electron chi connectivity index (χ0n) is 15.0. The summed E-state index contributed by atoms with van der Waals surface area (Å²) in [6, 6.07) is 7.65. The SMILES string of the molecule is COc1ccc(O)c(C(=O)CC(=O)c2c(OC)cccc2OC)c1OC. The van der Waals surface area contributed by atoms with Crippen LogP contribution in [0.4, 0.5) is 0 Å². The molecular weight excluding hydrogens is 340 g/mol. The fourth-order valence-corrected chi connectivity index (χ4v) is 2.63. The van der Waals surface area contributed by atoms with Crippen molar-refractivity contribution in [3.05, 3.63) is 41.5 Å². The maximum absolute atomic E-state index is 12.7. The van der Waals surface area contributed by atoms with Crippen LogP contribution < -0.4 is 18.9 Å². The van der Waals surface area contributed by atoms with Crippen molar-refractivity contribution in [3.8, 4) is 28.7 Å². The summed E-state index contributed by atoms with van der Waals surface area (Å²) in [6.07, 6.45) is -0.506. The number of aromatic hydroxyl groups is 1. The summed E-state index contributed by atoms with van der Waals surface area (Å²) in [6.45, 7) is 0. The molecule has 2 aromatic rings. The van der Waals surface area contributed by atoms with Crippen LogP contribution in [0.2, 0.25) is 0 Å². The number of methoxy groups -OCH3 is 4. The Hall–Kier alpha value is -3.22. The van der Waals surface area contributed by atoms with Crippen LogP contribution in [-0.2, 0) is 0 Å². The number of carbonyl (C=O) groups excluding carboxylic acids is 2. The minimum Gasteiger partial charge on any atom is -0.507 e. The molecule has 138 valence electrons. The molecule has 26 heavy (non-hydrogen) atoms. The largest absolute Gasteiger partial charge is 0.507 e. The van der Waals surface area contributed by atoms with Gasteiger partial charge in [-0.1, -0.05) is 6.07 Å². The van der Waals surface area contributed by atoms with Gasteiger partial charge < -0.3 is 24.1 Å². The lowest BCUT2D eigenvalue weighted by Crippen LogP contribution is -2.12. The fourth-order valence-electron chi connectivity index (χ4n) is 2.63. The van der Waals surface area contributed by atoms with Crippen LogP contribution in [0.15, 0.2) is 30.3 Å². The molecule has 0 aliphatic rings. The van der Waals surface area contributed by atoms with Gasteiger partial charge in [-0.2, -0.15) is 0 Å². The van der Waals surface area contributed by atoms with E-state index in [4.69, 9.17) is 18.9 Å². The van der Waals surface area contributed by atoms with Crippen LogP contribution in [0.5, 0.6) is 28.7 Å². The molecule has 0 atom stereocenters. The number of carbonyl (C=O) groups is 2. The molecule has 0 bridgehead atoms. The van der Waals surface area contributed by atoms with E-state index in [1.165, 1.54) is 40.6 Å². The topological polar surface area (TPSA) is 91.3 Å². The number of phenols is 1. The van der Waals surface area contributed by atoms with E-state index in [9.17, 15) is 14.7 Å². The molecule has 0 fully saturated rings. The Morgan fingerprint density at radius 1 is 0.769 bits per heavy atom. The van der Waals surface area contributed by atoms with Crippen LogP contribution in [-0.4, -0.2) is 45.1 Å². The second-order valence-electron chi connectivity index (χ2n) is 5.26. The molecule has 2 aromatic carbocycles. The Morgan fingerprint density at radius 3 is 1.81 bits per heavy atom. The zero-order chi connectivity index (χ0) is 19.3. The van der Waals surface area contributed by atoms with Gasteiger partial charge in [0.25, 0.3) is 0 Å². The lowest BCUT2D eigenvalue weighted by atomic mass is 9.98. The van der Waals surface area contributed by atoms with E-state index in [2.05, 4.69) is 0 Å². The third-order valence-corrected chi connectivity index (χ3v) is 3.83. The second kappa shape index (κ2) is 8.24. The molecule has 0 aromatic heterocycles. The van der Waals surface area contributed by atoms with Crippen molar-refractivity contribution in [3.63, 3.8) is 0 Å². The van der Waals surface area contributed by atoms with E-state index in [0.29, 0.717) is 11.5 Å². The third-order valence-electron chi connectivity index (χ3n) is 3.83. The first kappa shape index (κ1) is 19.1. The molecule has 2 rings (SSSR count). The molecule has 0 amide bonds. The maximum atomic E-state index is 12.7. The van der Waals surface area contributed by atoms with Crippen LogP contribution in [0.3, 0.4) is 0 Å². The van der Waals surface area contributed by atoms with E-state index in [-0.39, 0.29) is 28.4 Å². The number of phenolic OH excluding ortho intramolecular Hbond substituents is 1. The third kappa shape index (κ3) is 3.56. The van der Waals surface area contributed by atoms with Crippen molar-refractivity contribution in [1.29, 1.82) is 0 Å². The summed E-state index contributed by atoms with van der Waals surface area (Å²) in [5, 5.41) is 10.1. The molecule has 0 saturated carbocycles. The summed E-state index contributed by atoms with van der Waals surface area (Å²) < 4.78 is 20.7. The number of ether oxygens (including phenoxy) is 4. The van der Waals surface area contributed by atoms with Crippen LogP contribution in [0.25, 0.3) is 0 Å². The molecule has 0 spiro atoms. The monoisotopic (exact) mass is 360 g/mol. The minimum atomic E-state index is -0.615. The van der Waals surface area contributed by atoms with Crippen LogP contribution >= 0.6 is 0 Å². The highest BCUT2D eigenvalue weighted by Crippen LogP contribution is 2.38. The van der Waals surface area contributed by atoms with Crippen molar-refractivity contribution in [2.75, 3.05) is 28.4 Å². The lowest BCUT2D eigenvalue weighted by Gasteiger charge is -2.14. The van der Waals surface area contributed by atoms with E-state index in [1.54, 1.807) is 18.2 Å². The van der Waals surface area contributed by atoms with Gasteiger partial charge in [0.15, 0.2) is 23.1 Å². The second-order valence-corrected chi connectivity index (χ2v) is 5.26. The lowest BCUT2D eigenvalue weighted by molar-refractivity contribution is 0.0888. The van der Waals surface area contributed by atoms with Crippen LogP contribution in [0, 0.1) is 0 Å². The van der Waals surface area contributed by atoms with Crippen molar-refractivity contribution in [1.82, 2.24) is 0 Å².